The second-order valence-electron chi connectivity index (χ2n) is 4.40. The number of carbonyl (C=O) groups is 2. The van der Waals surface area contributed by atoms with E-state index in [0.717, 1.165) is 0 Å². The molecular weight excluding hydrogens is 282 g/mol. The number of sulfone groups is 1. The van der Waals surface area contributed by atoms with Gasteiger partial charge in [-0.25, -0.2) is 8.42 Å². The van der Waals surface area contributed by atoms with Crippen molar-refractivity contribution in [1.29, 1.82) is 0 Å². The van der Waals surface area contributed by atoms with Gasteiger partial charge in [0, 0.05) is 11.6 Å². The predicted octanol–water partition coefficient (Wildman–Crippen LogP) is 1.07. The molecule has 1 unspecified atom stereocenters. The van der Waals surface area contributed by atoms with Crippen LogP contribution in [0, 0.1) is 0 Å². The van der Waals surface area contributed by atoms with Crippen molar-refractivity contribution in [2.75, 3.05) is 5.75 Å². The van der Waals surface area contributed by atoms with Crippen LogP contribution < -0.4 is 5.32 Å². The molecule has 2 N–H and O–H groups in total. The molecule has 1 aromatic rings. The van der Waals surface area contributed by atoms with Crippen LogP contribution in [0.2, 0.25) is 0 Å². The zero-order valence-corrected chi connectivity index (χ0v) is 12.1. The maximum absolute atomic E-state index is 11.8. The first kappa shape index (κ1) is 16.2. The van der Waals surface area contributed by atoms with Gasteiger partial charge in [0.2, 0.25) is 0 Å². The lowest BCUT2D eigenvalue weighted by molar-refractivity contribution is -0.137. The van der Waals surface area contributed by atoms with Crippen LogP contribution >= 0.6 is 0 Å². The van der Waals surface area contributed by atoms with Crippen molar-refractivity contribution in [2.45, 2.75) is 31.2 Å². The zero-order chi connectivity index (χ0) is 15.3. The Hall–Kier alpha value is -1.89. The number of carboxylic acid groups (broad SMARTS) is 1. The van der Waals surface area contributed by atoms with E-state index in [0.29, 0.717) is 0 Å². The Kier molecular flexibility index (Phi) is 5.26. The molecule has 0 spiro atoms. The standard InChI is InChI=1S/C13H17NO5S/c1-3-20(18,19)11-6-4-10(5-7-11)13(17)14-9(2)8-12(15)16/h4-7,9H,3,8H2,1-2H3,(H,14,17)(H,15,16). The Labute approximate surface area is 117 Å². The second kappa shape index (κ2) is 6.51. The van der Waals surface area contributed by atoms with Crippen molar-refractivity contribution < 1.29 is 23.1 Å². The molecule has 7 heteroatoms. The fourth-order valence-corrected chi connectivity index (χ4v) is 2.48. The van der Waals surface area contributed by atoms with E-state index in [1.807, 2.05) is 0 Å². The quantitative estimate of drug-likeness (QED) is 0.818. The number of carboxylic acids is 1. The highest BCUT2D eigenvalue weighted by atomic mass is 32.2. The summed E-state index contributed by atoms with van der Waals surface area (Å²) in [4.78, 5) is 22.5. The van der Waals surface area contributed by atoms with E-state index in [4.69, 9.17) is 5.11 Å². The number of hydrogen-bond donors (Lipinski definition) is 2. The topological polar surface area (TPSA) is 101 Å². The van der Waals surface area contributed by atoms with Gasteiger partial charge in [-0.1, -0.05) is 6.92 Å². The minimum absolute atomic E-state index is 0.00577. The van der Waals surface area contributed by atoms with Crippen molar-refractivity contribution in [3.63, 3.8) is 0 Å². The first-order chi connectivity index (χ1) is 9.26. The third kappa shape index (κ3) is 4.34. The molecule has 0 heterocycles. The second-order valence-corrected chi connectivity index (χ2v) is 6.68. The van der Waals surface area contributed by atoms with Gasteiger partial charge in [0.25, 0.3) is 5.91 Å². The van der Waals surface area contributed by atoms with Gasteiger partial charge in [-0.2, -0.15) is 0 Å². The molecule has 0 saturated heterocycles. The molecule has 0 radical (unpaired) electrons. The summed E-state index contributed by atoms with van der Waals surface area (Å²) < 4.78 is 23.2. The maximum atomic E-state index is 11.8. The highest BCUT2D eigenvalue weighted by molar-refractivity contribution is 7.91. The molecule has 1 amide bonds. The lowest BCUT2D eigenvalue weighted by Crippen LogP contribution is -2.34. The summed E-state index contributed by atoms with van der Waals surface area (Å²) in [6, 6.07) is 5.06. The van der Waals surface area contributed by atoms with Crippen molar-refractivity contribution in [2.24, 2.45) is 0 Å². The summed E-state index contributed by atoms with van der Waals surface area (Å²) in [5.41, 5.74) is 0.289. The summed E-state index contributed by atoms with van der Waals surface area (Å²) in [6.07, 6.45) is -0.173. The minimum atomic E-state index is -3.29. The number of nitrogens with one attached hydrogen (secondary N) is 1. The molecule has 0 bridgehead atoms. The van der Waals surface area contributed by atoms with Gasteiger partial charge in [0.15, 0.2) is 9.84 Å². The highest BCUT2D eigenvalue weighted by Crippen LogP contribution is 2.12. The number of amides is 1. The molecule has 0 aliphatic carbocycles. The largest absolute Gasteiger partial charge is 0.481 e. The molecule has 0 aromatic heterocycles. The SMILES string of the molecule is CCS(=O)(=O)c1ccc(C(=O)NC(C)CC(=O)O)cc1. The monoisotopic (exact) mass is 299 g/mol. The minimum Gasteiger partial charge on any atom is -0.481 e. The fraction of sp³-hybridized carbons (Fsp3) is 0.385. The first-order valence-corrected chi connectivity index (χ1v) is 7.77. The first-order valence-electron chi connectivity index (χ1n) is 6.11. The van der Waals surface area contributed by atoms with Crippen molar-refractivity contribution in [1.82, 2.24) is 5.32 Å². The molecule has 0 aliphatic heterocycles. The Bertz CT molecular complexity index is 592. The summed E-state index contributed by atoms with van der Waals surface area (Å²) in [5, 5.41) is 11.1. The van der Waals surface area contributed by atoms with E-state index in [2.05, 4.69) is 5.32 Å². The summed E-state index contributed by atoms with van der Waals surface area (Å²) in [5.74, 6) is -1.44. The lowest BCUT2D eigenvalue weighted by atomic mass is 10.2. The van der Waals surface area contributed by atoms with Crippen LogP contribution in [0.25, 0.3) is 0 Å². The number of rotatable bonds is 6. The Balaban J connectivity index is 2.79. The average molecular weight is 299 g/mol. The average Bonchev–Trinajstić information content (AvgIpc) is 2.37. The van der Waals surface area contributed by atoms with E-state index >= 15 is 0 Å². The number of benzene rings is 1. The molecule has 1 aromatic carbocycles. The third-order valence-electron chi connectivity index (χ3n) is 2.71. The lowest BCUT2D eigenvalue weighted by Gasteiger charge is -2.11. The zero-order valence-electron chi connectivity index (χ0n) is 11.3. The van der Waals surface area contributed by atoms with Crippen LogP contribution in [0.4, 0.5) is 0 Å². The van der Waals surface area contributed by atoms with Crippen LogP contribution in [-0.2, 0) is 14.6 Å². The molecule has 110 valence electrons. The Morgan fingerprint density at radius 2 is 1.80 bits per heavy atom. The van der Waals surface area contributed by atoms with Crippen LogP contribution in [0.15, 0.2) is 29.2 Å². The van der Waals surface area contributed by atoms with E-state index in [9.17, 15) is 18.0 Å². The molecule has 20 heavy (non-hydrogen) atoms. The van der Waals surface area contributed by atoms with Crippen molar-refractivity contribution in [3.05, 3.63) is 29.8 Å². The normalized spacial score (nSPS) is 12.7. The molecule has 0 fully saturated rings. The van der Waals surface area contributed by atoms with Gasteiger partial charge < -0.3 is 10.4 Å². The van der Waals surface area contributed by atoms with Crippen molar-refractivity contribution >= 4 is 21.7 Å². The summed E-state index contributed by atoms with van der Waals surface area (Å²) in [7, 11) is -3.29. The van der Waals surface area contributed by atoms with Crippen LogP contribution in [0.5, 0.6) is 0 Å². The van der Waals surface area contributed by atoms with Gasteiger partial charge >= 0.3 is 5.97 Å². The maximum Gasteiger partial charge on any atom is 0.305 e. The molecule has 6 nitrogen and oxygen atoms in total. The molecule has 0 saturated carbocycles. The fourth-order valence-electron chi connectivity index (χ4n) is 1.60. The number of aliphatic carboxylic acids is 1. The molecule has 0 aliphatic rings. The van der Waals surface area contributed by atoms with E-state index in [1.54, 1.807) is 13.8 Å². The van der Waals surface area contributed by atoms with Crippen LogP contribution in [0.3, 0.4) is 0 Å². The number of carbonyl (C=O) groups excluding carboxylic acids is 1. The third-order valence-corrected chi connectivity index (χ3v) is 4.46. The van der Waals surface area contributed by atoms with Crippen LogP contribution in [-0.4, -0.2) is 37.2 Å². The van der Waals surface area contributed by atoms with Gasteiger partial charge in [-0.05, 0) is 31.2 Å². The van der Waals surface area contributed by atoms with Gasteiger partial charge in [0.1, 0.15) is 0 Å². The Morgan fingerprint density at radius 1 is 1.25 bits per heavy atom. The van der Waals surface area contributed by atoms with Gasteiger partial charge in [-0.15, -0.1) is 0 Å². The summed E-state index contributed by atoms with van der Waals surface area (Å²) >= 11 is 0. The Morgan fingerprint density at radius 3 is 2.25 bits per heavy atom. The molecular formula is C13H17NO5S. The van der Waals surface area contributed by atoms with E-state index < -0.39 is 27.8 Å². The molecule has 1 rings (SSSR count). The predicted molar refractivity (Wildman–Crippen MR) is 73.3 cm³/mol. The van der Waals surface area contributed by atoms with Gasteiger partial charge in [-0.3, -0.25) is 9.59 Å². The van der Waals surface area contributed by atoms with Crippen molar-refractivity contribution in [3.8, 4) is 0 Å². The smallest absolute Gasteiger partial charge is 0.305 e. The van der Waals surface area contributed by atoms with E-state index in [1.165, 1.54) is 24.3 Å². The molecule has 1 atom stereocenters. The highest BCUT2D eigenvalue weighted by Gasteiger charge is 2.15. The number of hydrogen-bond acceptors (Lipinski definition) is 4. The van der Waals surface area contributed by atoms with Gasteiger partial charge in [0.05, 0.1) is 17.1 Å². The van der Waals surface area contributed by atoms with Crippen LogP contribution in [0.1, 0.15) is 30.6 Å². The van der Waals surface area contributed by atoms with E-state index in [-0.39, 0.29) is 22.6 Å². The summed E-state index contributed by atoms with van der Waals surface area (Å²) in [6.45, 7) is 3.13.